The second-order valence-corrected chi connectivity index (χ2v) is 7.13. The molecule has 12 heteroatoms. The molecule has 0 saturated heterocycles. The van der Waals surface area contributed by atoms with Crippen LogP contribution < -0.4 is 20.1 Å². The lowest BCUT2D eigenvalue weighted by Crippen LogP contribution is -2.25. The summed E-state index contributed by atoms with van der Waals surface area (Å²) in [4.78, 5) is 27.7. The number of pyridine rings is 1. The van der Waals surface area contributed by atoms with Crippen molar-refractivity contribution in [2.75, 3.05) is 10.6 Å². The first kappa shape index (κ1) is 18.2. The number of fused-ring (bicyclic) bond motifs is 2. The van der Waals surface area contributed by atoms with Crippen molar-refractivity contribution in [3.63, 3.8) is 0 Å². The lowest BCUT2D eigenvalue weighted by molar-refractivity contribution is -0.286. The molecule has 5 rings (SSSR count). The fourth-order valence-electron chi connectivity index (χ4n) is 2.82. The highest BCUT2D eigenvalue weighted by Crippen LogP contribution is 2.42. The van der Waals surface area contributed by atoms with Crippen molar-refractivity contribution in [3.8, 4) is 11.5 Å². The Morgan fingerprint density at radius 1 is 1.17 bits per heavy atom. The number of hydrogen-bond acceptors (Lipinski definition) is 8. The first-order valence-electron chi connectivity index (χ1n) is 8.64. The van der Waals surface area contributed by atoms with Crippen molar-refractivity contribution >= 4 is 39.4 Å². The summed E-state index contributed by atoms with van der Waals surface area (Å²) in [5, 5.41) is 7.95. The number of anilines is 2. The minimum Gasteiger partial charge on any atom is -0.395 e. The largest absolute Gasteiger partial charge is 0.586 e. The van der Waals surface area contributed by atoms with Crippen molar-refractivity contribution in [2.24, 2.45) is 0 Å². The molecule has 0 spiro atoms. The first-order valence-corrected chi connectivity index (χ1v) is 9.52. The van der Waals surface area contributed by atoms with Crippen LogP contribution in [0.3, 0.4) is 0 Å². The van der Waals surface area contributed by atoms with Gasteiger partial charge in [-0.1, -0.05) is 0 Å². The van der Waals surface area contributed by atoms with Crippen LogP contribution in [0.4, 0.5) is 19.9 Å². The van der Waals surface area contributed by atoms with Gasteiger partial charge in [0.2, 0.25) is 5.95 Å². The topological polar surface area (TPSA) is 114 Å². The van der Waals surface area contributed by atoms with E-state index in [2.05, 4.69) is 40.0 Å². The molecule has 0 unspecified atom stereocenters. The van der Waals surface area contributed by atoms with Crippen LogP contribution in [-0.2, 0) is 6.54 Å². The number of amides is 1. The van der Waals surface area contributed by atoms with Crippen LogP contribution in [0.5, 0.6) is 11.5 Å². The number of aromatic amines is 1. The highest BCUT2D eigenvalue weighted by Gasteiger charge is 2.43. The Balaban J connectivity index is 1.27. The number of nitrogens with zero attached hydrogens (tertiary/aromatic N) is 3. The van der Waals surface area contributed by atoms with E-state index in [-0.39, 0.29) is 23.1 Å². The SMILES string of the molecule is O=C(Nc1nc2cc3c(cc2[nH]1)OC(F)(F)O3)c1csc(NCc2ccncc2)n1. The van der Waals surface area contributed by atoms with Crippen LogP contribution >= 0.6 is 11.3 Å². The highest BCUT2D eigenvalue weighted by atomic mass is 32.1. The summed E-state index contributed by atoms with van der Waals surface area (Å²) in [5.41, 5.74) is 1.99. The van der Waals surface area contributed by atoms with Crippen LogP contribution in [0.25, 0.3) is 11.0 Å². The number of alkyl halides is 2. The molecule has 4 aromatic rings. The summed E-state index contributed by atoms with van der Waals surface area (Å²) in [5.74, 6) is -0.557. The molecular formula is C18H12F2N6O3S. The molecule has 0 fully saturated rings. The Kier molecular flexibility index (Phi) is 4.20. The second kappa shape index (κ2) is 6.91. The average molecular weight is 430 g/mol. The number of rotatable bonds is 5. The van der Waals surface area contributed by atoms with E-state index in [1.165, 1.54) is 23.5 Å². The van der Waals surface area contributed by atoms with Gasteiger partial charge in [-0.2, -0.15) is 0 Å². The number of imidazole rings is 1. The Morgan fingerprint density at radius 2 is 1.93 bits per heavy atom. The zero-order valence-corrected chi connectivity index (χ0v) is 15.8. The number of thiazole rings is 1. The summed E-state index contributed by atoms with van der Waals surface area (Å²) >= 11 is 1.29. The highest BCUT2D eigenvalue weighted by molar-refractivity contribution is 7.13. The van der Waals surface area contributed by atoms with Crippen LogP contribution in [0.15, 0.2) is 42.0 Å². The fourth-order valence-corrected chi connectivity index (χ4v) is 3.51. The Bertz CT molecular complexity index is 1200. The maximum Gasteiger partial charge on any atom is 0.586 e. The predicted octanol–water partition coefficient (Wildman–Crippen LogP) is 3.60. The number of ether oxygens (including phenoxy) is 2. The quantitative estimate of drug-likeness (QED) is 0.443. The van der Waals surface area contributed by atoms with E-state index >= 15 is 0 Å². The number of hydrogen-bond donors (Lipinski definition) is 3. The lowest BCUT2D eigenvalue weighted by atomic mass is 10.3. The molecule has 30 heavy (non-hydrogen) atoms. The van der Waals surface area contributed by atoms with E-state index < -0.39 is 12.2 Å². The number of halogens is 2. The van der Waals surface area contributed by atoms with Gasteiger partial charge < -0.3 is 19.8 Å². The van der Waals surface area contributed by atoms with Gasteiger partial charge in [0.05, 0.1) is 11.0 Å². The molecule has 3 N–H and O–H groups in total. The molecule has 3 aromatic heterocycles. The normalized spacial score (nSPS) is 14.1. The summed E-state index contributed by atoms with van der Waals surface area (Å²) < 4.78 is 35.1. The number of aromatic nitrogens is 4. The smallest absolute Gasteiger partial charge is 0.395 e. The molecule has 0 saturated carbocycles. The van der Waals surface area contributed by atoms with E-state index in [4.69, 9.17) is 0 Å². The van der Waals surface area contributed by atoms with E-state index in [0.29, 0.717) is 22.7 Å². The fraction of sp³-hybridized carbons (Fsp3) is 0.111. The monoisotopic (exact) mass is 430 g/mol. The van der Waals surface area contributed by atoms with Crippen molar-refractivity contribution in [2.45, 2.75) is 12.8 Å². The number of carbonyl (C=O) groups excluding carboxylic acids is 1. The van der Waals surface area contributed by atoms with Gasteiger partial charge in [0.15, 0.2) is 16.6 Å². The van der Waals surface area contributed by atoms with Crippen molar-refractivity contribution in [1.29, 1.82) is 0 Å². The molecule has 1 aliphatic heterocycles. The minimum atomic E-state index is -3.70. The molecule has 1 amide bonds. The molecule has 0 aliphatic carbocycles. The summed E-state index contributed by atoms with van der Waals surface area (Å²) in [6, 6.07) is 6.39. The standard InChI is InChI=1S/C18H12F2N6O3S/c19-18(20)28-13-5-10-11(6-14(13)29-18)24-16(23-10)26-15(27)12-8-30-17(25-12)22-7-9-1-3-21-4-2-9/h1-6,8H,7H2,(H,22,25)(H2,23,24,26,27). The van der Waals surface area contributed by atoms with Gasteiger partial charge in [-0.15, -0.1) is 20.1 Å². The second-order valence-electron chi connectivity index (χ2n) is 6.27. The van der Waals surface area contributed by atoms with Gasteiger partial charge in [-0.25, -0.2) is 9.97 Å². The summed E-state index contributed by atoms with van der Waals surface area (Å²) in [6.07, 6.45) is -0.307. The third-order valence-electron chi connectivity index (χ3n) is 4.17. The predicted molar refractivity (Wildman–Crippen MR) is 104 cm³/mol. The number of carbonyl (C=O) groups is 1. The summed E-state index contributed by atoms with van der Waals surface area (Å²) in [7, 11) is 0. The average Bonchev–Trinajstić information content (AvgIpc) is 3.40. The van der Waals surface area contributed by atoms with Crippen molar-refractivity contribution in [1.82, 2.24) is 19.9 Å². The zero-order chi connectivity index (χ0) is 20.7. The van der Waals surface area contributed by atoms with Gasteiger partial charge in [0, 0.05) is 36.5 Å². The minimum absolute atomic E-state index is 0.113. The zero-order valence-electron chi connectivity index (χ0n) is 15.0. The molecule has 0 bridgehead atoms. The van der Waals surface area contributed by atoms with E-state index in [9.17, 15) is 13.6 Å². The number of nitrogens with one attached hydrogen (secondary N) is 3. The first-order chi connectivity index (χ1) is 14.4. The molecule has 1 aliphatic rings. The third kappa shape index (κ3) is 3.59. The Hall–Kier alpha value is -3.80. The van der Waals surface area contributed by atoms with E-state index in [1.54, 1.807) is 17.8 Å². The van der Waals surface area contributed by atoms with Gasteiger partial charge in [0.25, 0.3) is 5.91 Å². The number of benzene rings is 1. The Morgan fingerprint density at radius 3 is 2.73 bits per heavy atom. The van der Waals surface area contributed by atoms with E-state index in [0.717, 1.165) is 5.56 Å². The lowest BCUT2D eigenvalue weighted by Gasteiger charge is -2.04. The van der Waals surface area contributed by atoms with Gasteiger partial charge in [-0.3, -0.25) is 15.1 Å². The third-order valence-corrected chi connectivity index (χ3v) is 4.97. The number of H-pyrrole nitrogens is 1. The van der Waals surface area contributed by atoms with Crippen LogP contribution in [-0.4, -0.2) is 32.1 Å². The van der Waals surface area contributed by atoms with Crippen LogP contribution in [0.2, 0.25) is 0 Å². The van der Waals surface area contributed by atoms with Gasteiger partial charge >= 0.3 is 6.29 Å². The molecule has 152 valence electrons. The van der Waals surface area contributed by atoms with Crippen LogP contribution in [0, 0.1) is 0 Å². The molecule has 4 heterocycles. The molecular weight excluding hydrogens is 418 g/mol. The Labute approximate surface area is 171 Å². The van der Waals surface area contributed by atoms with Gasteiger partial charge in [-0.05, 0) is 17.7 Å². The maximum absolute atomic E-state index is 13.1. The summed E-state index contributed by atoms with van der Waals surface area (Å²) in [6.45, 7) is 0.550. The molecule has 0 atom stereocenters. The maximum atomic E-state index is 13.1. The van der Waals surface area contributed by atoms with Crippen LogP contribution in [0.1, 0.15) is 16.1 Å². The molecule has 9 nitrogen and oxygen atoms in total. The van der Waals surface area contributed by atoms with Crippen molar-refractivity contribution < 1.29 is 23.0 Å². The molecule has 0 radical (unpaired) electrons. The van der Waals surface area contributed by atoms with Crippen molar-refractivity contribution in [3.05, 3.63) is 53.3 Å². The molecule has 1 aromatic carbocycles. The van der Waals surface area contributed by atoms with Gasteiger partial charge in [0.1, 0.15) is 5.69 Å². The van der Waals surface area contributed by atoms with E-state index in [1.807, 2.05) is 12.1 Å².